The predicted molar refractivity (Wildman–Crippen MR) is 80.8 cm³/mol. The van der Waals surface area contributed by atoms with Crippen molar-refractivity contribution in [3.8, 4) is 0 Å². The van der Waals surface area contributed by atoms with Crippen molar-refractivity contribution in [1.29, 1.82) is 0 Å². The Labute approximate surface area is 114 Å². The Morgan fingerprint density at radius 1 is 1.05 bits per heavy atom. The lowest BCUT2D eigenvalue weighted by Gasteiger charge is -2.28. The van der Waals surface area contributed by atoms with E-state index in [0.29, 0.717) is 6.04 Å². The molecule has 19 heavy (non-hydrogen) atoms. The summed E-state index contributed by atoms with van der Waals surface area (Å²) in [6.07, 6.45) is 1.10. The molecule has 0 aliphatic carbocycles. The van der Waals surface area contributed by atoms with Crippen molar-refractivity contribution in [3.05, 3.63) is 59.7 Å². The van der Waals surface area contributed by atoms with Crippen LogP contribution in [0.15, 0.2) is 48.5 Å². The molecular weight excluding hydrogens is 232 g/mol. The Hall–Kier alpha value is -1.80. The van der Waals surface area contributed by atoms with E-state index < -0.39 is 0 Å². The van der Waals surface area contributed by atoms with Crippen molar-refractivity contribution in [3.63, 3.8) is 0 Å². The maximum Gasteiger partial charge on any atom is 0.0461 e. The molecule has 2 atom stereocenters. The molecule has 2 nitrogen and oxygen atoms in total. The van der Waals surface area contributed by atoms with Gasteiger partial charge < -0.3 is 10.6 Å². The van der Waals surface area contributed by atoms with Crippen LogP contribution in [0.1, 0.15) is 31.0 Å². The Balaban J connectivity index is 2.13. The van der Waals surface area contributed by atoms with Crippen LogP contribution in [0.5, 0.6) is 0 Å². The lowest BCUT2D eigenvalue weighted by Crippen LogP contribution is -2.26. The van der Waals surface area contributed by atoms with Gasteiger partial charge in [0.25, 0.3) is 0 Å². The van der Waals surface area contributed by atoms with Crippen LogP contribution >= 0.6 is 0 Å². The van der Waals surface area contributed by atoms with Gasteiger partial charge in [-0.1, -0.05) is 36.4 Å². The van der Waals surface area contributed by atoms with Gasteiger partial charge in [-0.15, -0.1) is 0 Å². The van der Waals surface area contributed by atoms with Gasteiger partial charge in [-0.05, 0) is 43.5 Å². The smallest absolute Gasteiger partial charge is 0.0461 e. The van der Waals surface area contributed by atoms with Crippen LogP contribution in [0.4, 0.5) is 11.4 Å². The van der Waals surface area contributed by atoms with Crippen molar-refractivity contribution in [2.75, 3.05) is 4.90 Å². The minimum Gasteiger partial charge on any atom is -0.338 e. The van der Waals surface area contributed by atoms with Crippen LogP contribution in [0, 0.1) is 0 Å². The van der Waals surface area contributed by atoms with Gasteiger partial charge in [0.15, 0.2) is 0 Å². The molecule has 2 unspecified atom stereocenters. The molecule has 0 saturated heterocycles. The highest BCUT2D eigenvalue weighted by molar-refractivity contribution is 5.73. The van der Waals surface area contributed by atoms with Crippen LogP contribution in [-0.2, 0) is 6.42 Å². The number of nitrogens with zero attached hydrogens (tertiary/aromatic N) is 1. The molecule has 2 aromatic rings. The van der Waals surface area contributed by atoms with Gasteiger partial charge in [0.05, 0.1) is 0 Å². The van der Waals surface area contributed by atoms with E-state index in [-0.39, 0.29) is 6.04 Å². The molecule has 0 aromatic heterocycles. The molecule has 0 saturated carbocycles. The zero-order chi connectivity index (χ0) is 13.4. The quantitative estimate of drug-likeness (QED) is 0.881. The lowest BCUT2D eigenvalue weighted by molar-refractivity contribution is 0.743. The summed E-state index contributed by atoms with van der Waals surface area (Å²) in [5.74, 6) is 0. The number of para-hydroxylation sites is 2. The summed E-state index contributed by atoms with van der Waals surface area (Å²) in [7, 11) is 0. The Morgan fingerprint density at radius 2 is 1.68 bits per heavy atom. The maximum absolute atomic E-state index is 6.12. The van der Waals surface area contributed by atoms with E-state index in [1.807, 2.05) is 6.92 Å². The van der Waals surface area contributed by atoms with Gasteiger partial charge in [0, 0.05) is 23.5 Å². The Morgan fingerprint density at radius 3 is 2.42 bits per heavy atom. The number of rotatable bonds is 2. The number of benzene rings is 2. The Kier molecular flexibility index (Phi) is 3.03. The van der Waals surface area contributed by atoms with E-state index in [9.17, 15) is 0 Å². The molecule has 2 aromatic carbocycles. The van der Waals surface area contributed by atoms with Crippen molar-refractivity contribution < 1.29 is 0 Å². The van der Waals surface area contributed by atoms with E-state index in [0.717, 1.165) is 6.42 Å². The van der Waals surface area contributed by atoms with Gasteiger partial charge >= 0.3 is 0 Å². The second kappa shape index (κ2) is 4.71. The third kappa shape index (κ3) is 2.02. The van der Waals surface area contributed by atoms with Crippen molar-refractivity contribution in [2.24, 2.45) is 5.73 Å². The highest BCUT2D eigenvalue weighted by Crippen LogP contribution is 2.40. The molecule has 1 aliphatic rings. The molecule has 2 heteroatoms. The third-order valence-electron chi connectivity index (χ3n) is 3.89. The minimum atomic E-state index is 0.0520. The van der Waals surface area contributed by atoms with Gasteiger partial charge in [0.1, 0.15) is 0 Å². The van der Waals surface area contributed by atoms with Gasteiger partial charge in [0.2, 0.25) is 0 Å². The van der Waals surface area contributed by atoms with E-state index in [2.05, 4.69) is 60.4 Å². The van der Waals surface area contributed by atoms with Crippen LogP contribution in [-0.4, -0.2) is 6.04 Å². The van der Waals surface area contributed by atoms with E-state index in [1.165, 1.54) is 22.5 Å². The molecule has 3 rings (SSSR count). The topological polar surface area (TPSA) is 29.3 Å². The second-order valence-corrected chi connectivity index (χ2v) is 5.40. The molecular formula is C17H20N2. The number of hydrogen-bond donors (Lipinski definition) is 1. The first kappa shape index (κ1) is 12.2. The van der Waals surface area contributed by atoms with Crippen LogP contribution in [0.2, 0.25) is 0 Å². The van der Waals surface area contributed by atoms with E-state index in [1.54, 1.807) is 0 Å². The minimum absolute atomic E-state index is 0.0520. The molecule has 0 spiro atoms. The molecule has 1 heterocycles. The maximum atomic E-state index is 6.12. The Bertz CT molecular complexity index is 589. The fraction of sp³-hybridized carbons (Fsp3) is 0.294. The van der Waals surface area contributed by atoms with Crippen LogP contribution < -0.4 is 10.6 Å². The number of nitrogens with two attached hydrogens (primary N) is 1. The van der Waals surface area contributed by atoms with Crippen molar-refractivity contribution in [2.45, 2.75) is 32.4 Å². The summed E-state index contributed by atoms with van der Waals surface area (Å²) < 4.78 is 0. The van der Waals surface area contributed by atoms with E-state index in [4.69, 9.17) is 5.73 Å². The summed E-state index contributed by atoms with van der Waals surface area (Å²) in [5, 5.41) is 0. The van der Waals surface area contributed by atoms with Crippen molar-refractivity contribution in [1.82, 2.24) is 0 Å². The molecule has 98 valence electrons. The zero-order valence-electron chi connectivity index (χ0n) is 11.5. The molecule has 0 bridgehead atoms. The molecule has 2 N–H and O–H groups in total. The highest BCUT2D eigenvalue weighted by Gasteiger charge is 2.28. The molecule has 0 fully saturated rings. The lowest BCUT2D eigenvalue weighted by atomic mass is 10.1. The monoisotopic (exact) mass is 252 g/mol. The number of anilines is 2. The standard InChI is InChI=1S/C17H20N2/c1-12-11-14-7-3-5-9-16(14)19(12)17-10-6-4-8-15(17)13(2)18/h3-10,12-13H,11,18H2,1-2H3. The van der Waals surface area contributed by atoms with E-state index >= 15 is 0 Å². The first-order chi connectivity index (χ1) is 9.18. The summed E-state index contributed by atoms with van der Waals surface area (Å²) in [6.45, 7) is 4.32. The molecule has 1 aliphatic heterocycles. The fourth-order valence-electron chi connectivity index (χ4n) is 3.02. The number of hydrogen-bond acceptors (Lipinski definition) is 2. The summed E-state index contributed by atoms with van der Waals surface area (Å²) in [4.78, 5) is 2.42. The second-order valence-electron chi connectivity index (χ2n) is 5.40. The predicted octanol–water partition coefficient (Wildman–Crippen LogP) is 3.79. The number of fused-ring (bicyclic) bond motifs is 1. The zero-order valence-corrected chi connectivity index (χ0v) is 11.5. The van der Waals surface area contributed by atoms with Gasteiger partial charge in [-0.2, -0.15) is 0 Å². The summed E-state index contributed by atoms with van der Waals surface area (Å²) >= 11 is 0. The summed E-state index contributed by atoms with van der Waals surface area (Å²) in [6, 6.07) is 17.7. The normalized spacial score (nSPS) is 19.3. The largest absolute Gasteiger partial charge is 0.338 e. The van der Waals surface area contributed by atoms with Crippen molar-refractivity contribution >= 4 is 11.4 Å². The van der Waals surface area contributed by atoms with Gasteiger partial charge in [-0.25, -0.2) is 0 Å². The average molecular weight is 252 g/mol. The first-order valence-electron chi connectivity index (χ1n) is 6.90. The van der Waals surface area contributed by atoms with Crippen LogP contribution in [0.3, 0.4) is 0 Å². The average Bonchev–Trinajstić information content (AvgIpc) is 2.74. The highest BCUT2D eigenvalue weighted by atomic mass is 15.2. The SMILES string of the molecule is CC(N)c1ccccc1N1c2ccccc2CC1C. The summed E-state index contributed by atoms with van der Waals surface area (Å²) in [5.41, 5.74) is 11.3. The van der Waals surface area contributed by atoms with Gasteiger partial charge in [-0.3, -0.25) is 0 Å². The molecule has 0 amide bonds. The third-order valence-corrected chi connectivity index (χ3v) is 3.89. The molecule has 0 radical (unpaired) electrons. The first-order valence-corrected chi connectivity index (χ1v) is 6.90. The fourth-order valence-corrected chi connectivity index (χ4v) is 3.02. The van der Waals surface area contributed by atoms with Crippen LogP contribution in [0.25, 0.3) is 0 Å².